The van der Waals surface area contributed by atoms with E-state index in [1.54, 1.807) is 0 Å². The van der Waals surface area contributed by atoms with Crippen molar-refractivity contribution >= 4 is 51.9 Å². The molecular formula is C26H28Br2O4Si. The molecule has 0 aliphatic heterocycles. The van der Waals surface area contributed by atoms with Gasteiger partial charge < -0.3 is 9.47 Å². The van der Waals surface area contributed by atoms with Crippen LogP contribution < -0.4 is 0 Å². The molecule has 0 saturated heterocycles. The second-order valence-electron chi connectivity index (χ2n) is 9.95. The van der Waals surface area contributed by atoms with Gasteiger partial charge in [-0.2, -0.15) is 0 Å². The van der Waals surface area contributed by atoms with Crippen LogP contribution in [0.5, 0.6) is 0 Å². The molecule has 2 aliphatic rings. The molecule has 0 aromatic heterocycles. The lowest BCUT2D eigenvalue weighted by atomic mass is 9.83. The summed E-state index contributed by atoms with van der Waals surface area (Å²) in [7, 11) is -1.64. The Morgan fingerprint density at radius 1 is 0.727 bits per heavy atom. The van der Waals surface area contributed by atoms with E-state index in [4.69, 9.17) is 9.47 Å². The quantitative estimate of drug-likeness (QED) is 0.203. The molecular weight excluding hydrogens is 564 g/mol. The van der Waals surface area contributed by atoms with Gasteiger partial charge in [-0.25, -0.2) is 0 Å². The average molecular weight is 592 g/mol. The normalized spacial score (nSPS) is 25.8. The van der Waals surface area contributed by atoms with Crippen LogP contribution in [0, 0.1) is 23.7 Å². The summed E-state index contributed by atoms with van der Waals surface area (Å²) in [6.45, 7) is 7.32. The number of benzene rings is 2. The zero-order valence-electron chi connectivity index (χ0n) is 19.0. The maximum atomic E-state index is 13.3. The monoisotopic (exact) mass is 590 g/mol. The van der Waals surface area contributed by atoms with E-state index >= 15 is 0 Å². The zero-order chi connectivity index (χ0) is 23.8. The molecule has 1 saturated carbocycles. The largest absolute Gasteiger partial charge is 0.461 e. The lowest BCUT2D eigenvalue weighted by molar-refractivity contribution is -0.162. The molecule has 1 fully saturated rings. The summed E-state index contributed by atoms with van der Waals surface area (Å²) in [6, 6.07) is 15.4. The highest BCUT2D eigenvalue weighted by molar-refractivity contribution is 9.10. The summed E-state index contributed by atoms with van der Waals surface area (Å²) >= 11 is 6.84. The van der Waals surface area contributed by atoms with Crippen molar-refractivity contribution in [3.05, 3.63) is 80.8 Å². The summed E-state index contributed by atoms with van der Waals surface area (Å²) in [5.41, 5.74) is 2.16. The van der Waals surface area contributed by atoms with Crippen molar-refractivity contribution < 1.29 is 19.1 Å². The Bertz CT molecular complexity index is 966. The number of carbonyl (C=O) groups excluding carboxylic acids is 2. The number of allylic oxidation sites excluding steroid dienone is 2. The number of esters is 2. The molecule has 33 heavy (non-hydrogen) atoms. The number of fused-ring (bicyclic) bond motifs is 2. The smallest absolute Gasteiger partial charge is 0.310 e. The predicted octanol–water partition coefficient (Wildman–Crippen LogP) is 6.75. The maximum absolute atomic E-state index is 13.3. The molecule has 174 valence electrons. The van der Waals surface area contributed by atoms with Crippen LogP contribution in [-0.4, -0.2) is 20.0 Å². The van der Waals surface area contributed by atoms with Crippen molar-refractivity contribution in [3.8, 4) is 0 Å². The summed E-state index contributed by atoms with van der Waals surface area (Å²) in [5.74, 6) is -1.53. The molecule has 5 atom stereocenters. The molecule has 0 N–H and O–H groups in total. The summed E-state index contributed by atoms with van der Waals surface area (Å²) < 4.78 is 13.4. The van der Waals surface area contributed by atoms with Crippen molar-refractivity contribution in [2.75, 3.05) is 0 Å². The minimum atomic E-state index is -1.64. The molecule has 2 aromatic rings. The fourth-order valence-electron chi connectivity index (χ4n) is 5.34. The van der Waals surface area contributed by atoms with Gasteiger partial charge in [0.1, 0.15) is 13.2 Å². The van der Waals surface area contributed by atoms with Crippen molar-refractivity contribution in [3.63, 3.8) is 0 Å². The van der Waals surface area contributed by atoms with Gasteiger partial charge in [0, 0.05) is 17.0 Å². The molecule has 0 amide bonds. The van der Waals surface area contributed by atoms with E-state index in [1.165, 1.54) is 0 Å². The molecule has 2 aromatic carbocycles. The Hall–Kier alpha value is -1.70. The Morgan fingerprint density at radius 3 is 1.42 bits per heavy atom. The molecule has 4 rings (SSSR count). The topological polar surface area (TPSA) is 52.6 Å². The van der Waals surface area contributed by atoms with Crippen LogP contribution in [0.2, 0.25) is 25.2 Å². The Morgan fingerprint density at radius 2 is 1.09 bits per heavy atom. The Kier molecular flexibility index (Phi) is 7.31. The van der Waals surface area contributed by atoms with E-state index in [0.717, 1.165) is 20.1 Å². The van der Waals surface area contributed by atoms with E-state index in [-0.39, 0.29) is 37.0 Å². The van der Waals surface area contributed by atoms with Crippen molar-refractivity contribution in [1.82, 2.24) is 0 Å². The minimum absolute atomic E-state index is 0.0318. The standard InChI is InChI=1S/C26H28Br2O4Si/c1-33(2,3)24-20-12-13-21(24)23(26(30)32-15-17-6-10-19(28)11-7-17)22(20)25(29)31-14-16-4-8-18(27)9-5-16/h4-13,20-24H,14-15H2,1-3H3/t20-,21+,22+,23-,24?. The average Bonchev–Trinajstić information content (AvgIpc) is 3.35. The number of hydrogen-bond donors (Lipinski definition) is 0. The van der Waals surface area contributed by atoms with Gasteiger partial charge in [0.05, 0.1) is 11.8 Å². The SMILES string of the molecule is C[Si](C)(C)C1[C@H]2C=C[C@@H]1[C@H](C(=O)OCc1ccc(Br)cc1)[C@@H]2C(=O)OCc1ccc(Br)cc1. The number of rotatable bonds is 7. The molecule has 1 unspecified atom stereocenters. The predicted molar refractivity (Wildman–Crippen MR) is 138 cm³/mol. The van der Waals surface area contributed by atoms with Crippen LogP contribution in [0.15, 0.2) is 69.6 Å². The second-order valence-corrected chi connectivity index (χ2v) is 17.2. The van der Waals surface area contributed by atoms with Gasteiger partial charge >= 0.3 is 11.9 Å². The van der Waals surface area contributed by atoms with Gasteiger partial charge in [0.15, 0.2) is 0 Å². The highest BCUT2D eigenvalue weighted by Gasteiger charge is 2.61. The Labute approximate surface area is 213 Å². The van der Waals surface area contributed by atoms with Gasteiger partial charge in [-0.15, -0.1) is 0 Å². The first-order chi connectivity index (χ1) is 15.6. The molecule has 0 spiro atoms. The van der Waals surface area contributed by atoms with Gasteiger partial charge in [-0.1, -0.05) is 87.9 Å². The third-order valence-electron chi connectivity index (χ3n) is 6.73. The molecule has 7 heteroatoms. The molecule has 0 heterocycles. The first kappa shape index (κ1) is 24.4. The van der Waals surface area contributed by atoms with Gasteiger partial charge in [-0.3, -0.25) is 9.59 Å². The lowest BCUT2D eigenvalue weighted by Crippen LogP contribution is -2.35. The molecule has 0 radical (unpaired) electrons. The number of carbonyl (C=O) groups is 2. The minimum Gasteiger partial charge on any atom is -0.461 e. The molecule has 2 aliphatic carbocycles. The highest BCUT2D eigenvalue weighted by atomic mass is 79.9. The first-order valence-electron chi connectivity index (χ1n) is 11.2. The number of halogens is 2. The summed E-state index contributed by atoms with van der Waals surface area (Å²) in [4.78, 5) is 26.6. The first-order valence-corrected chi connectivity index (χ1v) is 16.3. The van der Waals surface area contributed by atoms with Crippen molar-refractivity contribution in [1.29, 1.82) is 0 Å². The fourth-order valence-corrected chi connectivity index (χ4v) is 8.82. The van der Waals surface area contributed by atoms with Crippen LogP contribution in [0.25, 0.3) is 0 Å². The number of hydrogen-bond acceptors (Lipinski definition) is 4. The van der Waals surface area contributed by atoms with E-state index in [1.807, 2.05) is 48.5 Å². The third-order valence-corrected chi connectivity index (χ3v) is 10.6. The van der Waals surface area contributed by atoms with Crippen LogP contribution in [0.3, 0.4) is 0 Å². The third kappa shape index (κ3) is 5.36. The van der Waals surface area contributed by atoms with Crippen molar-refractivity contribution in [2.45, 2.75) is 38.4 Å². The van der Waals surface area contributed by atoms with E-state index in [0.29, 0.717) is 5.54 Å². The van der Waals surface area contributed by atoms with Crippen molar-refractivity contribution in [2.24, 2.45) is 23.7 Å². The second kappa shape index (κ2) is 9.88. The van der Waals surface area contributed by atoms with Crippen LogP contribution in [0.1, 0.15) is 11.1 Å². The molecule has 4 nitrogen and oxygen atoms in total. The van der Waals surface area contributed by atoms with E-state index < -0.39 is 19.9 Å². The number of ether oxygens (including phenoxy) is 2. The van der Waals surface area contributed by atoms with E-state index in [9.17, 15) is 9.59 Å². The lowest BCUT2D eigenvalue weighted by Gasteiger charge is -2.30. The summed E-state index contributed by atoms with van der Waals surface area (Å²) in [6.07, 6.45) is 4.27. The van der Waals surface area contributed by atoms with Gasteiger partial charge in [0.25, 0.3) is 0 Å². The highest BCUT2D eigenvalue weighted by Crippen LogP contribution is 2.59. The van der Waals surface area contributed by atoms with Crippen LogP contribution >= 0.6 is 31.9 Å². The van der Waals surface area contributed by atoms with Gasteiger partial charge in [-0.05, 0) is 52.8 Å². The van der Waals surface area contributed by atoms with Crippen LogP contribution in [0.4, 0.5) is 0 Å². The summed E-state index contributed by atoms with van der Waals surface area (Å²) in [5, 5.41) is 0. The Balaban J connectivity index is 1.51. The van der Waals surface area contributed by atoms with Crippen LogP contribution in [-0.2, 0) is 32.3 Å². The fraction of sp³-hybridized carbons (Fsp3) is 0.385. The molecule has 2 bridgehead atoms. The van der Waals surface area contributed by atoms with Gasteiger partial charge in [0.2, 0.25) is 0 Å². The maximum Gasteiger partial charge on any atom is 0.310 e. The van der Waals surface area contributed by atoms with E-state index in [2.05, 4.69) is 63.7 Å². The zero-order valence-corrected chi connectivity index (χ0v) is 23.1.